The van der Waals surface area contributed by atoms with Gasteiger partial charge in [-0.3, -0.25) is 0 Å². The highest BCUT2D eigenvalue weighted by Gasteiger charge is 2.10. The minimum Gasteiger partial charge on any atom is -0.550 e. The maximum Gasteiger partial charge on any atom is 0.332 e. The topological polar surface area (TPSA) is 102 Å². The van der Waals surface area contributed by atoms with E-state index in [4.69, 9.17) is 0 Å². The number of ether oxygens (including phenoxy) is 3. The minimum atomic E-state index is -1.31. The zero-order valence-electron chi connectivity index (χ0n) is 9.34. The lowest BCUT2D eigenvalue weighted by atomic mass is 10.3. The van der Waals surface area contributed by atoms with Crippen molar-refractivity contribution < 1.29 is 33.7 Å². The fraction of sp³-hybridized carbons (Fsp3) is 0.500. The molecule has 0 fully saturated rings. The first-order valence-corrected chi connectivity index (χ1v) is 4.72. The molecule has 0 amide bonds. The maximum absolute atomic E-state index is 11.0. The summed E-state index contributed by atoms with van der Waals surface area (Å²) in [6, 6.07) is 0. The average Bonchev–Trinajstić information content (AvgIpc) is 2.22. The van der Waals surface area contributed by atoms with Crippen molar-refractivity contribution in [3.05, 3.63) is 12.7 Å². The van der Waals surface area contributed by atoms with Gasteiger partial charge in [-0.2, -0.15) is 0 Å². The molecular weight excluding hydrogens is 232 g/mol. The molecule has 0 aromatic heterocycles. The standard InChI is InChI=1S/C10H14O7/c1-3-9(13)16-6-15-5-10(14)17-7(2)4-8(11)12/h3,7H,1,4-6H2,2H3,(H,11,12)/p-1. The second kappa shape index (κ2) is 8.28. The molecule has 0 aromatic carbocycles. The summed E-state index contributed by atoms with van der Waals surface area (Å²) in [4.78, 5) is 31.7. The summed E-state index contributed by atoms with van der Waals surface area (Å²) >= 11 is 0. The first-order chi connectivity index (χ1) is 7.95. The normalized spacial score (nSPS) is 11.4. The van der Waals surface area contributed by atoms with E-state index >= 15 is 0 Å². The van der Waals surface area contributed by atoms with Gasteiger partial charge in [-0.15, -0.1) is 0 Å². The van der Waals surface area contributed by atoms with Gasteiger partial charge in [0.1, 0.15) is 12.7 Å². The lowest BCUT2D eigenvalue weighted by Crippen LogP contribution is -2.29. The third-order valence-corrected chi connectivity index (χ3v) is 1.46. The van der Waals surface area contributed by atoms with Crippen molar-refractivity contribution in [1.82, 2.24) is 0 Å². The van der Waals surface area contributed by atoms with Gasteiger partial charge in [0.05, 0.1) is 0 Å². The van der Waals surface area contributed by atoms with Crippen LogP contribution in [0.15, 0.2) is 12.7 Å². The van der Waals surface area contributed by atoms with Crippen molar-refractivity contribution in [3.63, 3.8) is 0 Å². The van der Waals surface area contributed by atoms with Crippen LogP contribution in [-0.4, -0.2) is 37.4 Å². The van der Waals surface area contributed by atoms with Gasteiger partial charge in [0, 0.05) is 18.5 Å². The fourth-order valence-electron chi connectivity index (χ4n) is 0.818. The number of esters is 2. The Morgan fingerprint density at radius 3 is 2.59 bits per heavy atom. The number of hydrogen-bond donors (Lipinski definition) is 0. The van der Waals surface area contributed by atoms with E-state index in [1.165, 1.54) is 6.92 Å². The SMILES string of the molecule is C=CC(=O)OCOCC(=O)OC(C)CC(=O)[O-]. The van der Waals surface area contributed by atoms with Gasteiger partial charge in [0.25, 0.3) is 0 Å². The number of carbonyl (C=O) groups excluding carboxylic acids is 3. The maximum atomic E-state index is 11.0. The summed E-state index contributed by atoms with van der Waals surface area (Å²) in [5, 5.41) is 10.2. The Morgan fingerprint density at radius 2 is 2.06 bits per heavy atom. The molecule has 0 rings (SSSR count). The second-order valence-electron chi connectivity index (χ2n) is 3.01. The quantitative estimate of drug-likeness (QED) is 0.228. The second-order valence-corrected chi connectivity index (χ2v) is 3.01. The van der Waals surface area contributed by atoms with Crippen LogP contribution in [0, 0.1) is 0 Å². The molecule has 0 heterocycles. The Hall–Kier alpha value is -1.89. The number of carboxylic acids is 1. The average molecular weight is 245 g/mol. The van der Waals surface area contributed by atoms with E-state index in [-0.39, 0.29) is 0 Å². The molecule has 0 N–H and O–H groups in total. The van der Waals surface area contributed by atoms with Crippen LogP contribution in [0.3, 0.4) is 0 Å². The van der Waals surface area contributed by atoms with Crippen molar-refractivity contribution in [2.75, 3.05) is 13.4 Å². The van der Waals surface area contributed by atoms with Gasteiger partial charge in [-0.25, -0.2) is 9.59 Å². The van der Waals surface area contributed by atoms with Gasteiger partial charge in [0.15, 0.2) is 6.79 Å². The van der Waals surface area contributed by atoms with Crippen molar-refractivity contribution >= 4 is 17.9 Å². The molecule has 0 aliphatic rings. The number of rotatable bonds is 8. The van der Waals surface area contributed by atoms with Gasteiger partial charge in [-0.05, 0) is 6.92 Å². The van der Waals surface area contributed by atoms with Crippen LogP contribution in [0.1, 0.15) is 13.3 Å². The van der Waals surface area contributed by atoms with Crippen LogP contribution in [0.5, 0.6) is 0 Å². The van der Waals surface area contributed by atoms with E-state index in [0.29, 0.717) is 0 Å². The van der Waals surface area contributed by atoms with Crippen molar-refractivity contribution in [1.29, 1.82) is 0 Å². The van der Waals surface area contributed by atoms with Crippen LogP contribution in [0.25, 0.3) is 0 Å². The zero-order chi connectivity index (χ0) is 13.3. The molecule has 7 nitrogen and oxygen atoms in total. The predicted octanol–water partition coefficient (Wildman–Crippen LogP) is -1.24. The Balaban J connectivity index is 3.62. The zero-order valence-corrected chi connectivity index (χ0v) is 9.34. The highest BCUT2D eigenvalue weighted by molar-refractivity contribution is 5.81. The van der Waals surface area contributed by atoms with Gasteiger partial charge in [-0.1, -0.05) is 6.58 Å². The summed E-state index contributed by atoms with van der Waals surface area (Å²) in [6.45, 7) is 3.72. The first kappa shape index (κ1) is 15.1. The molecule has 0 aliphatic carbocycles. The molecule has 1 unspecified atom stereocenters. The summed E-state index contributed by atoms with van der Waals surface area (Å²) < 4.78 is 13.7. The Kier molecular flexibility index (Phi) is 7.36. The smallest absolute Gasteiger partial charge is 0.332 e. The van der Waals surface area contributed by atoms with Crippen LogP contribution < -0.4 is 5.11 Å². The molecule has 7 heteroatoms. The summed E-state index contributed by atoms with van der Waals surface area (Å²) in [6.07, 6.45) is -0.243. The highest BCUT2D eigenvalue weighted by atomic mass is 16.7. The Labute approximate surface area is 98.0 Å². The molecular formula is C10H13O7-. The predicted molar refractivity (Wildman–Crippen MR) is 52.3 cm³/mol. The summed E-state index contributed by atoms with van der Waals surface area (Å²) in [7, 11) is 0. The molecule has 0 bridgehead atoms. The third-order valence-electron chi connectivity index (χ3n) is 1.46. The van der Waals surface area contributed by atoms with Gasteiger partial charge >= 0.3 is 11.9 Å². The van der Waals surface area contributed by atoms with Crippen molar-refractivity contribution in [3.8, 4) is 0 Å². The molecule has 17 heavy (non-hydrogen) atoms. The van der Waals surface area contributed by atoms with E-state index in [1.807, 2.05) is 0 Å². The summed E-state index contributed by atoms with van der Waals surface area (Å²) in [5.74, 6) is -2.75. The van der Waals surface area contributed by atoms with Crippen LogP contribution in [-0.2, 0) is 28.6 Å². The van der Waals surface area contributed by atoms with Crippen LogP contribution >= 0.6 is 0 Å². The molecule has 0 spiro atoms. The number of aliphatic carboxylic acids is 1. The molecule has 96 valence electrons. The van der Waals surface area contributed by atoms with E-state index in [2.05, 4.69) is 20.8 Å². The van der Waals surface area contributed by atoms with Crippen LogP contribution in [0.2, 0.25) is 0 Å². The van der Waals surface area contributed by atoms with Crippen LogP contribution in [0.4, 0.5) is 0 Å². The number of hydrogen-bond acceptors (Lipinski definition) is 7. The summed E-state index contributed by atoms with van der Waals surface area (Å²) in [5.41, 5.74) is 0. The molecule has 0 aromatic rings. The largest absolute Gasteiger partial charge is 0.550 e. The lowest BCUT2D eigenvalue weighted by molar-refractivity contribution is -0.307. The molecule has 1 atom stereocenters. The van der Waals surface area contributed by atoms with Crippen molar-refractivity contribution in [2.45, 2.75) is 19.4 Å². The molecule has 0 radical (unpaired) electrons. The van der Waals surface area contributed by atoms with E-state index < -0.39 is 43.8 Å². The Morgan fingerprint density at radius 1 is 1.41 bits per heavy atom. The van der Waals surface area contributed by atoms with E-state index in [1.54, 1.807) is 0 Å². The number of carboxylic acid groups (broad SMARTS) is 1. The molecule has 0 saturated heterocycles. The van der Waals surface area contributed by atoms with Crippen molar-refractivity contribution in [2.24, 2.45) is 0 Å². The third kappa shape index (κ3) is 9.06. The Bertz CT molecular complexity index is 297. The molecule has 0 saturated carbocycles. The van der Waals surface area contributed by atoms with Gasteiger partial charge < -0.3 is 24.1 Å². The monoisotopic (exact) mass is 245 g/mol. The van der Waals surface area contributed by atoms with E-state index in [0.717, 1.165) is 6.08 Å². The lowest BCUT2D eigenvalue weighted by Gasteiger charge is -2.13. The first-order valence-electron chi connectivity index (χ1n) is 4.72. The van der Waals surface area contributed by atoms with Gasteiger partial charge in [0.2, 0.25) is 0 Å². The molecule has 0 aliphatic heterocycles. The highest BCUT2D eigenvalue weighted by Crippen LogP contribution is 1.97. The fourth-order valence-corrected chi connectivity index (χ4v) is 0.818. The minimum absolute atomic E-state index is 0.392. The van der Waals surface area contributed by atoms with E-state index in [9.17, 15) is 19.5 Å². The number of carbonyl (C=O) groups is 3.